The molecule has 1 aliphatic heterocycles. The Balaban J connectivity index is 1.39. The number of nitrogens with zero attached hydrogens (tertiary/aromatic N) is 3. The Morgan fingerprint density at radius 3 is 2.82 bits per heavy atom. The number of aromatic nitrogens is 3. The molecule has 0 spiro atoms. The minimum Gasteiger partial charge on any atom is -0.370 e. The summed E-state index contributed by atoms with van der Waals surface area (Å²) in [6, 6.07) is 4.44. The van der Waals surface area contributed by atoms with E-state index in [1.54, 1.807) is 6.92 Å². The predicted octanol–water partition coefficient (Wildman–Crippen LogP) is 2.42. The lowest BCUT2D eigenvalue weighted by Crippen LogP contribution is -2.40. The fourth-order valence-corrected chi connectivity index (χ4v) is 4.88. The van der Waals surface area contributed by atoms with Gasteiger partial charge in [0.15, 0.2) is 0 Å². The van der Waals surface area contributed by atoms with Crippen molar-refractivity contribution in [3.63, 3.8) is 0 Å². The molecule has 4 rings (SSSR count). The lowest BCUT2D eigenvalue weighted by atomic mass is 9.92. The standard InChI is InChI=1S/C19H28N6O2S/c1-2-28(26,27)24-16-6-4-15(5-7-16)23-18-12-14(8-10-20-18)17-13-22-25-11-3-9-21-19(17)25/h8,10,12-13,15-16,21,24H,2-7,9,11H2,1H3,(H,20,23). The number of fused-ring (bicyclic) bond motifs is 1. The van der Waals surface area contributed by atoms with Gasteiger partial charge in [-0.25, -0.2) is 22.8 Å². The Kier molecular flexibility index (Phi) is 5.54. The van der Waals surface area contributed by atoms with Crippen molar-refractivity contribution >= 4 is 21.7 Å². The highest BCUT2D eigenvalue weighted by atomic mass is 32.2. The van der Waals surface area contributed by atoms with Crippen molar-refractivity contribution in [1.82, 2.24) is 19.5 Å². The van der Waals surface area contributed by atoms with Crippen LogP contribution in [0.2, 0.25) is 0 Å². The summed E-state index contributed by atoms with van der Waals surface area (Å²) in [7, 11) is -3.13. The second-order valence-electron chi connectivity index (χ2n) is 7.55. The molecule has 1 fully saturated rings. The molecule has 0 bridgehead atoms. The Morgan fingerprint density at radius 1 is 1.25 bits per heavy atom. The van der Waals surface area contributed by atoms with Gasteiger partial charge in [0.05, 0.1) is 11.9 Å². The molecule has 0 radical (unpaired) electrons. The number of rotatable bonds is 6. The third-order valence-electron chi connectivity index (χ3n) is 5.55. The Morgan fingerprint density at radius 2 is 2.04 bits per heavy atom. The SMILES string of the molecule is CCS(=O)(=O)NC1CCC(Nc2cc(-c3cnn4c3NCCC4)ccn2)CC1. The molecule has 2 aromatic heterocycles. The molecule has 8 nitrogen and oxygen atoms in total. The van der Waals surface area contributed by atoms with E-state index in [0.717, 1.165) is 68.0 Å². The number of pyridine rings is 1. The van der Waals surface area contributed by atoms with Gasteiger partial charge in [-0.15, -0.1) is 0 Å². The minimum absolute atomic E-state index is 0.0484. The predicted molar refractivity (Wildman–Crippen MR) is 111 cm³/mol. The van der Waals surface area contributed by atoms with E-state index in [0.29, 0.717) is 6.04 Å². The van der Waals surface area contributed by atoms with E-state index in [-0.39, 0.29) is 11.8 Å². The summed E-state index contributed by atoms with van der Waals surface area (Å²) in [4.78, 5) is 4.48. The second kappa shape index (κ2) is 8.08. The van der Waals surface area contributed by atoms with Crippen LogP contribution in [-0.4, -0.2) is 47.6 Å². The van der Waals surface area contributed by atoms with Gasteiger partial charge >= 0.3 is 0 Å². The molecule has 0 atom stereocenters. The van der Waals surface area contributed by atoms with Crippen molar-refractivity contribution in [3.05, 3.63) is 24.5 Å². The molecular formula is C19H28N6O2S. The second-order valence-corrected chi connectivity index (χ2v) is 9.60. The van der Waals surface area contributed by atoms with Gasteiger partial charge in [0.25, 0.3) is 0 Å². The molecule has 1 saturated carbocycles. The highest BCUT2D eigenvalue weighted by molar-refractivity contribution is 7.89. The van der Waals surface area contributed by atoms with E-state index < -0.39 is 10.0 Å². The molecular weight excluding hydrogens is 376 g/mol. The van der Waals surface area contributed by atoms with Crippen molar-refractivity contribution in [1.29, 1.82) is 0 Å². The first-order valence-corrected chi connectivity index (χ1v) is 11.7. The quantitative estimate of drug-likeness (QED) is 0.684. The first kappa shape index (κ1) is 19.2. The summed E-state index contributed by atoms with van der Waals surface area (Å²) in [5, 5.41) is 11.4. The zero-order valence-electron chi connectivity index (χ0n) is 16.2. The average Bonchev–Trinajstić information content (AvgIpc) is 3.14. The van der Waals surface area contributed by atoms with Gasteiger partial charge in [0, 0.05) is 36.9 Å². The average molecular weight is 405 g/mol. The van der Waals surface area contributed by atoms with E-state index in [1.807, 2.05) is 23.1 Å². The van der Waals surface area contributed by atoms with Crippen LogP contribution in [0.1, 0.15) is 39.0 Å². The van der Waals surface area contributed by atoms with Crippen LogP contribution < -0.4 is 15.4 Å². The third-order valence-corrected chi connectivity index (χ3v) is 7.01. The summed E-state index contributed by atoms with van der Waals surface area (Å²) in [5.41, 5.74) is 2.19. The minimum atomic E-state index is -3.13. The largest absolute Gasteiger partial charge is 0.370 e. The van der Waals surface area contributed by atoms with E-state index in [4.69, 9.17) is 0 Å². The van der Waals surface area contributed by atoms with Gasteiger partial charge in [-0.3, -0.25) is 0 Å². The van der Waals surface area contributed by atoms with Gasteiger partial charge in [-0.1, -0.05) is 0 Å². The van der Waals surface area contributed by atoms with Gasteiger partial charge in [0.1, 0.15) is 11.6 Å². The summed E-state index contributed by atoms with van der Waals surface area (Å²) in [5.74, 6) is 2.06. The number of hydrogen-bond acceptors (Lipinski definition) is 6. The molecule has 3 N–H and O–H groups in total. The number of hydrogen-bond donors (Lipinski definition) is 3. The highest BCUT2D eigenvalue weighted by Gasteiger charge is 2.24. The van der Waals surface area contributed by atoms with E-state index in [2.05, 4.69) is 31.5 Å². The molecule has 152 valence electrons. The summed E-state index contributed by atoms with van der Waals surface area (Å²) < 4.78 is 28.3. The van der Waals surface area contributed by atoms with Crippen LogP contribution in [0.15, 0.2) is 24.5 Å². The molecule has 2 aliphatic rings. The summed E-state index contributed by atoms with van der Waals surface area (Å²) >= 11 is 0. The molecule has 0 unspecified atom stereocenters. The van der Waals surface area contributed by atoms with Gasteiger partial charge in [-0.2, -0.15) is 5.10 Å². The molecule has 3 heterocycles. The van der Waals surface area contributed by atoms with Crippen LogP contribution in [0.3, 0.4) is 0 Å². The molecule has 0 saturated heterocycles. The van der Waals surface area contributed by atoms with Gasteiger partial charge in [-0.05, 0) is 56.7 Å². The Bertz CT molecular complexity index is 918. The molecule has 9 heteroatoms. The zero-order valence-corrected chi connectivity index (χ0v) is 17.0. The van der Waals surface area contributed by atoms with Crippen LogP contribution in [0, 0.1) is 0 Å². The smallest absolute Gasteiger partial charge is 0.211 e. The van der Waals surface area contributed by atoms with Crippen molar-refractivity contribution < 1.29 is 8.42 Å². The molecule has 1 aliphatic carbocycles. The Hall–Kier alpha value is -2.13. The third kappa shape index (κ3) is 4.30. The maximum absolute atomic E-state index is 11.7. The van der Waals surface area contributed by atoms with Gasteiger partial charge < -0.3 is 10.6 Å². The lowest BCUT2D eigenvalue weighted by Gasteiger charge is -2.29. The van der Waals surface area contributed by atoms with Crippen molar-refractivity contribution in [2.75, 3.05) is 22.9 Å². The molecule has 0 amide bonds. The van der Waals surface area contributed by atoms with Crippen LogP contribution in [0.25, 0.3) is 11.1 Å². The maximum Gasteiger partial charge on any atom is 0.211 e. The molecule has 0 aromatic carbocycles. The topological polar surface area (TPSA) is 101 Å². The fraction of sp³-hybridized carbons (Fsp3) is 0.579. The number of nitrogens with one attached hydrogen (secondary N) is 3. The van der Waals surface area contributed by atoms with Crippen LogP contribution in [0.5, 0.6) is 0 Å². The summed E-state index contributed by atoms with van der Waals surface area (Å²) in [6.45, 7) is 3.59. The number of anilines is 2. The van der Waals surface area contributed by atoms with Crippen molar-refractivity contribution in [2.24, 2.45) is 0 Å². The first-order chi connectivity index (χ1) is 13.5. The lowest BCUT2D eigenvalue weighted by molar-refractivity contribution is 0.387. The first-order valence-electron chi connectivity index (χ1n) is 10.1. The van der Waals surface area contributed by atoms with Crippen LogP contribution in [-0.2, 0) is 16.6 Å². The monoisotopic (exact) mass is 404 g/mol. The van der Waals surface area contributed by atoms with E-state index in [9.17, 15) is 8.42 Å². The highest BCUT2D eigenvalue weighted by Crippen LogP contribution is 2.31. The molecule has 2 aromatic rings. The van der Waals surface area contributed by atoms with Crippen LogP contribution >= 0.6 is 0 Å². The van der Waals surface area contributed by atoms with Crippen molar-refractivity contribution in [3.8, 4) is 11.1 Å². The maximum atomic E-state index is 11.7. The fourth-order valence-electron chi connectivity index (χ4n) is 3.97. The Labute approximate surface area is 166 Å². The zero-order chi connectivity index (χ0) is 19.6. The normalized spacial score (nSPS) is 22.3. The molecule has 28 heavy (non-hydrogen) atoms. The van der Waals surface area contributed by atoms with Crippen molar-refractivity contribution in [2.45, 2.75) is 57.7 Å². The number of sulfonamides is 1. The number of aryl methyl sites for hydroxylation is 1. The van der Waals surface area contributed by atoms with Gasteiger partial charge in [0.2, 0.25) is 10.0 Å². The van der Waals surface area contributed by atoms with Crippen LogP contribution in [0.4, 0.5) is 11.6 Å². The summed E-state index contributed by atoms with van der Waals surface area (Å²) in [6.07, 6.45) is 8.37. The van der Waals surface area contributed by atoms with E-state index >= 15 is 0 Å². The van der Waals surface area contributed by atoms with E-state index in [1.165, 1.54) is 0 Å².